The summed E-state index contributed by atoms with van der Waals surface area (Å²) in [5.41, 5.74) is 6.34. The van der Waals surface area contributed by atoms with Gasteiger partial charge in [-0.1, -0.05) is 6.07 Å². The molecule has 2 aliphatic rings. The maximum Gasteiger partial charge on any atom is 0.282 e. The number of rotatable bonds is 3. The van der Waals surface area contributed by atoms with E-state index in [-0.39, 0.29) is 12.2 Å². The number of aryl methyl sites for hydroxylation is 2. The fourth-order valence-electron chi connectivity index (χ4n) is 4.28. The Hall–Kier alpha value is -2.97. The van der Waals surface area contributed by atoms with Gasteiger partial charge in [-0.15, -0.1) is 11.3 Å². The van der Waals surface area contributed by atoms with Gasteiger partial charge in [-0.2, -0.15) is 0 Å². The molecule has 3 aromatic rings. The molecule has 1 atom stereocenters. The number of nitrogens with one attached hydrogen (secondary N) is 2. The lowest BCUT2D eigenvalue weighted by Gasteiger charge is -2.32. The molecule has 2 aromatic carbocycles. The quantitative estimate of drug-likeness (QED) is 0.662. The van der Waals surface area contributed by atoms with Crippen molar-refractivity contribution in [1.82, 2.24) is 15.2 Å². The maximum atomic E-state index is 13.0. The third-order valence-electron chi connectivity index (χ3n) is 5.74. The number of hydrogen-bond acceptors (Lipinski definition) is 7. The highest BCUT2D eigenvalue weighted by Crippen LogP contribution is 2.36. The number of fused-ring (bicyclic) bond motifs is 3. The lowest BCUT2D eigenvalue weighted by Crippen LogP contribution is -2.46. The molecule has 2 aliphatic heterocycles. The van der Waals surface area contributed by atoms with Crippen LogP contribution in [0.2, 0.25) is 0 Å². The fraction of sp³-hybridized carbons (Fsp3) is 0.348. The lowest BCUT2D eigenvalue weighted by atomic mass is 10.1. The van der Waals surface area contributed by atoms with E-state index in [9.17, 15) is 4.79 Å². The van der Waals surface area contributed by atoms with Crippen LogP contribution in [0.3, 0.4) is 0 Å². The van der Waals surface area contributed by atoms with Crippen LogP contribution < -0.4 is 15.5 Å². The van der Waals surface area contributed by atoms with Crippen LogP contribution in [-0.4, -0.2) is 61.5 Å². The van der Waals surface area contributed by atoms with Crippen LogP contribution in [0.25, 0.3) is 10.2 Å². The van der Waals surface area contributed by atoms with Gasteiger partial charge in [0.2, 0.25) is 0 Å². The fourth-order valence-corrected chi connectivity index (χ4v) is 5.22. The van der Waals surface area contributed by atoms with E-state index < -0.39 is 0 Å². The second-order valence-corrected chi connectivity index (χ2v) is 9.23. The molecular weight excluding hydrogens is 408 g/mol. The lowest BCUT2D eigenvalue weighted by molar-refractivity contribution is 0.0735. The second-order valence-electron chi connectivity index (χ2n) is 8.19. The summed E-state index contributed by atoms with van der Waals surface area (Å²) in [6.07, 6.45) is 1.65. The van der Waals surface area contributed by atoms with Gasteiger partial charge in [0.1, 0.15) is 5.52 Å². The summed E-state index contributed by atoms with van der Waals surface area (Å²) >= 11 is 1.47. The molecule has 3 heterocycles. The van der Waals surface area contributed by atoms with Gasteiger partial charge < -0.3 is 20.4 Å². The van der Waals surface area contributed by atoms with Gasteiger partial charge >= 0.3 is 0 Å². The van der Waals surface area contributed by atoms with E-state index in [2.05, 4.69) is 53.6 Å². The average molecular weight is 435 g/mol. The predicted octanol–water partition coefficient (Wildman–Crippen LogP) is 3.22. The Bertz CT molecular complexity index is 1160. The van der Waals surface area contributed by atoms with Crippen LogP contribution in [0.15, 0.2) is 35.3 Å². The highest BCUT2D eigenvalue weighted by Gasteiger charge is 2.27. The zero-order valence-corrected chi connectivity index (χ0v) is 18.8. The molecule has 1 aromatic heterocycles. The number of carbonyl (C=O) groups excluding carboxylic acids is 1. The first-order valence-electron chi connectivity index (χ1n) is 10.5. The summed E-state index contributed by atoms with van der Waals surface area (Å²) in [6.45, 7) is 7.30. The molecule has 31 heavy (non-hydrogen) atoms. The molecule has 0 aliphatic carbocycles. The normalized spacial score (nSPS) is 18.4. The summed E-state index contributed by atoms with van der Waals surface area (Å²) in [5, 5.41) is 7.36. The molecule has 1 fully saturated rings. The van der Waals surface area contributed by atoms with Crippen LogP contribution in [0.4, 0.5) is 11.4 Å². The van der Waals surface area contributed by atoms with Crippen molar-refractivity contribution in [2.24, 2.45) is 4.99 Å². The molecule has 0 spiro atoms. The summed E-state index contributed by atoms with van der Waals surface area (Å²) in [7, 11) is 2.02. The molecule has 8 heteroatoms. The SMILES string of the molecule is Cc1cc(C)cc(NC2N=Cc3ccc4sc(C(=O)N5CCNCC5)nc4c3N2C)c1. The number of anilines is 2. The number of benzene rings is 2. The van der Waals surface area contributed by atoms with Gasteiger partial charge in [-0.25, -0.2) is 9.98 Å². The number of nitrogens with zero attached hydrogens (tertiary/aromatic N) is 4. The Morgan fingerprint density at radius 2 is 1.90 bits per heavy atom. The summed E-state index contributed by atoms with van der Waals surface area (Å²) in [6, 6.07) is 10.5. The topological polar surface area (TPSA) is 72.9 Å². The molecule has 1 saturated heterocycles. The number of aliphatic imine (C=N–C) groups is 1. The number of carbonyl (C=O) groups is 1. The van der Waals surface area contributed by atoms with Crippen LogP contribution in [0, 0.1) is 13.8 Å². The minimum atomic E-state index is -0.242. The zero-order valence-electron chi connectivity index (χ0n) is 18.0. The van der Waals surface area contributed by atoms with Crippen LogP contribution >= 0.6 is 11.3 Å². The van der Waals surface area contributed by atoms with Gasteiger partial charge in [0.25, 0.3) is 5.91 Å². The molecule has 160 valence electrons. The Morgan fingerprint density at radius 3 is 2.65 bits per heavy atom. The van der Waals surface area contributed by atoms with Gasteiger partial charge in [0, 0.05) is 50.7 Å². The van der Waals surface area contributed by atoms with Crippen LogP contribution in [-0.2, 0) is 0 Å². The monoisotopic (exact) mass is 434 g/mol. The smallest absolute Gasteiger partial charge is 0.282 e. The predicted molar refractivity (Wildman–Crippen MR) is 128 cm³/mol. The number of piperazine rings is 1. The first-order valence-corrected chi connectivity index (χ1v) is 11.4. The Labute approximate surface area is 185 Å². The third kappa shape index (κ3) is 3.77. The van der Waals surface area contributed by atoms with E-state index in [1.54, 1.807) is 0 Å². The van der Waals surface area contributed by atoms with Gasteiger partial charge in [0.15, 0.2) is 11.3 Å². The number of thiazole rings is 1. The molecule has 7 nitrogen and oxygen atoms in total. The Balaban J connectivity index is 1.47. The number of hydrogen-bond donors (Lipinski definition) is 2. The molecular formula is C23H26N6OS. The van der Waals surface area contributed by atoms with Gasteiger partial charge in [-0.05, 0) is 49.2 Å². The Morgan fingerprint density at radius 1 is 1.16 bits per heavy atom. The molecule has 0 saturated carbocycles. The molecule has 5 rings (SSSR count). The van der Waals surface area contributed by atoms with E-state index in [0.29, 0.717) is 5.01 Å². The van der Waals surface area contributed by atoms with Crippen molar-refractivity contribution in [3.8, 4) is 0 Å². The standard InChI is InChI=1S/C23H26N6OS/c1-14-10-15(2)12-17(11-14)26-23-25-13-16-4-5-18-19(20(16)28(23)3)27-21(31-18)22(30)29-8-6-24-7-9-29/h4-5,10-13,23-24,26H,6-9H2,1-3H3. The first-order chi connectivity index (χ1) is 15.0. The minimum absolute atomic E-state index is 0.0218. The molecule has 1 unspecified atom stereocenters. The molecule has 1 amide bonds. The van der Waals surface area contributed by atoms with Gasteiger partial charge in [0.05, 0.1) is 10.4 Å². The van der Waals surface area contributed by atoms with Crippen molar-refractivity contribution in [1.29, 1.82) is 0 Å². The van der Waals surface area contributed by atoms with Gasteiger partial charge in [-0.3, -0.25) is 4.79 Å². The average Bonchev–Trinajstić information content (AvgIpc) is 3.19. The molecule has 0 radical (unpaired) electrons. The first kappa shape index (κ1) is 20.0. The third-order valence-corrected chi connectivity index (χ3v) is 6.75. The van der Waals surface area contributed by atoms with E-state index >= 15 is 0 Å². The van der Waals surface area contributed by atoms with Crippen molar-refractivity contribution >= 4 is 45.0 Å². The molecule has 0 bridgehead atoms. The largest absolute Gasteiger partial charge is 0.347 e. The second kappa shape index (κ2) is 7.94. The number of aromatic nitrogens is 1. The summed E-state index contributed by atoms with van der Waals surface area (Å²) in [4.78, 5) is 26.5. The van der Waals surface area contributed by atoms with E-state index in [1.807, 2.05) is 24.2 Å². The van der Waals surface area contributed by atoms with Crippen molar-refractivity contribution in [3.05, 3.63) is 52.0 Å². The summed E-state index contributed by atoms with van der Waals surface area (Å²) < 4.78 is 1.02. The summed E-state index contributed by atoms with van der Waals surface area (Å²) in [5.74, 6) is 0.0218. The van der Waals surface area contributed by atoms with Crippen LogP contribution in [0.1, 0.15) is 26.5 Å². The highest BCUT2D eigenvalue weighted by atomic mass is 32.1. The number of amides is 1. The highest BCUT2D eigenvalue weighted by molar-refractivity contribution is 7.20. The van der Waals surface area contributed by atoms with E-state index in [0.717, 1.165) is 53.3 Å². The van der Waals surface area contributed by atoms with E-state index in [1.165, 1.54) is 22.5 Å². The van der Waals surface area contributed by atoms with E-state index in [4.69, 9.17) is 9.98 Å². The van der Waals surface area contributed by atoms with Crippen molar-refractivity contribution in [3.63, 3.8) is 0 Å². The van der Waals surface area contributed by atoms with Crippen molar-refractivity contribution in [2.45, 2.75) is 20.1 Å². The zero-order chi connectivity index (χ0) is 21.5. The van der Waals surface area contributed by atoms with Crippen molar-refractivity contribution < 1.29 is 4.79 Å². The maximum absolute atomic E-state index is 13.0. The van der Waals surface area contributed by atoms with Crippen LogP contribution in [0.5, 0.6) is 0 Å². The molecule has 2 N–H and O–H groups in total. The minimum Gasteiger partial charge on any atom is -0.347 e. The van der Waals surface area contributed by atoms with Crippen molar-refractivity contribution in [2.75, 3.05) is 43.4 Å². The Kier molecular flexibility index (Phi) is 5.11.